The molecule has 0 amide bonds. The van der Waals surface area contributed by atoms with E-state index in [1.807, 2.05) is 30.3 Å². The molecular formula is C29H28FNO4. The maximum Gasteiger partial charge on any atom is 0.150 e. The molecule has 1 fully saturated rings. The highest BCUT2D eigenvalue weighted by atomic mass is 19.1. The summed E-state index contributed by atoms with van der Waals surface area (Å²) in [4.78, 5) is 2.46. The van der Waals surface area contributed by atoms with Crippen molar-refractivity contribution in [3.8, 4) is 23.0 Å². The molecule has 35 heavy (non-hydrogen) atoms. The van der Waals surface area contributed by atoms with Gasteiger partial charge in [-0.15, -0.1) is 0 Å². The van der Waals surface area contributed by atoms with Crippen molar-refractivity contribution in [2.75, 3.05) is 32.8 Å². The van der Waals surface area contributed by atoms with Crippen LogP contribution in [0.3, 0.4) is 0 Å². The van der Waals surface area contributed by atoms with Crippen molar-refractivity contribution in [1.82, 2.24) is 4.90 Å². The topological polar surface area (TPSA) is 51.2 Å². The fourth-order valence-corrected chi connectivity index (χ4v) is 5.24. The molecule has 1 saturated heterocycles. The monoisotopic (exact) mass is 473 g/mol. The Morgan fingerprint density at radius 1 is 0.914 bits per heavy atom. The summed E-state index contributed by atoms with van der Waals surface area (Å²) in [5.41, 5.74) is 4.58. The maximum absolute atomic E-state index is 14.1. The molecule has 1 atom stereocenters. The Balaban J connectivity index is 1.29. The van der Waals surface area contributed by atoms with E-state index in [0.717, 1.165) is 53.2 Å². The van der Waals surface area contributed by atoms with Crippen molar-refractivity contribution in [3.63, 3.8) is 0 Å². The Morgan fingerprint density at radius 3 is 2.54 bits per heavy atom. The zero-order chi connectivity index (χ0) is 23.8. The zero-order valence-electron chi connectivity index (χ0n) is 19.5. The van der Waals surface area contributed by atoms with Gasteiger partial charge in [0.05, 0.1) is 0 Å². The van der Waals surface area contributed by atoms with Crippen LogP contribution in [0.25, 0.3) is 11.1 Å². The van der Waals surface area contributed by atoms with E-state index in [4.69, 9.17) is 14.2 Å². The minimum Gasteiger partial charge on any atom is -0.508 e. The molecule has 5 nitrogen and oxygen atoms in total. The van der Waals surface area contributed by atoms with Crippen molar-refractivity contribution in [2.45, 2.75) is 25.4 Å². The standard InChI is InChI=1S/C29H28FNO4/c30-20-6-10-23-25-18-34-26-17-21(32)7-11-24(26)28(25)29(35-27(23)16-20)19-4-8-22(9-5-19)33-15-14-31-12-2-1-3-13-31/h4-11,16-17,29,32H,1-3,12-15,18H2. The predicted octanol–water partition coefficient (Wildman–Crippen LogP) is 5.83. The van der Waals surface area contributed by atoms with Gasteiger partial charge in [-0.25, -0.2) is 4.39 Å². The van der Waals surface area contributed by atoms with E-state index in [1.165, 1.54) is 31.4 Å². The summed E-state index contributed by atoms with van der Waals surface area (Å²) in [6.07, 6.45) is 3.44. The Bertz CT molecular complexity index is 1260. The maximum atomic E-state index is 14.1. The fourth-order valence-electron chi connectivity index (χ4n) is 5.24. The van der Waals surface area contributed by atoms with Gasteiger partial charge in [0.2, 0.25) is 0 Å². The minimum atomic E-state index is -0.436. The van der Waals surface area contributed by atoms with Crippen LogP contribution in [0.15, 0.2) is 60.7 Å². The summed E-state index contributed by atoms with van der Waals surface area (Å²) in [5.74, 6) is 1.74. The van der Waals surface area contributed by atoms with E-state index in [-0.39, 0.29) is 11.6 Å². The van der Waals surface area contributed by atoms with Gasteiger partial charge in [0.15, 0.2) is 6.10 Å². The molecule has 0 aromatic heterocycles. The number of piperidine rings is 1. The van der Waals surface area contributed by atoms with Gasteiger partial charge in [-0.05, 0) is 67.9 Å². The number of nitrogens with zero attached hydrogens (tertiary/aromatic N) is 1. The molecule has 1 unspecified atom stereocenters. The highest BCUT2D eigenvalue weighted by Gasteiger charge is 2.35. The lowest BCUT2D eigenvalue weighted by Gasteiger charge is -2.35. The third-order valence-corrected chi connectivity index (χ3v) is 7.04. The number of halogens is 1. The van der Waals surface area contributed by atoms with Crippen molar-refractivity contribution >= 4 is 11.1 Å². The summed E-state index contributed by atoms with van der Waals surface area (Å²) >= 11 is 0. The number of phenols is 1. The van der Waals surface area contributed by atoms with Gasteiger partial charge >= 0.3 is 0 Å². The molecule has 0 radical (unpaired) electrons. The quantitative estimate of drug-likeness (QED) is 0.505. The van der Waals surface area contributed by atoms with Crippen LogP contribution in [0.2, 0.25) is 0 Å². The molecule has 3 aromatic carbocycles. The molecule has 3 aliphatic rings. The molecule has 0 spiro atoms. The van der Waals surface area contributed by atoms with Gasteiger partial charge in [-0.1, -0.05) is 18.6 Å². The van der Waals surface area contributed by atoms with Crippen molar-refractivity contribution in [3.05, 3.63) is 83.2 Å². The predicted molar refractivity (Wildman–Crippen MR) is 132 cm³/mol. The van der Waals surface area contributed by atoms with Gasteiger partial charge in [-0.3, -0.25) is 4.90 Å². The summed E-state index contributed by atoms with van der Waals surface area (Å²) in [7, 11) is 0. The van der Waals surface area contributed by atoms with Crippen LogP contribution < -0.4 is 14.2 Å². The summed E-state index contributed by atoms with van der Waals surface area (Å²) < 4.78 is 32.4. The first-order valence-corrected chi connectivity index (χ1v) is 12.3. The number of rotatable bonds is 5. The van der Waals surface area contributed by atoms with E-state index in [1.54, 1.807) is 18.2 Å². The molecule has 6 rings (SSSR count). The van der Waals surface area contributed by atoms with E-state index in [0.29, 0.717) is 24.7 Å². The number of fused-ring (bicyclic) bond motifs is 4. The Hall–Kier alpha value is -3.51. The Kier molecular flexibility index (Phi) is 5.82. The van der Waals surface area contributed by atoms with Crippen LogP contribution in [0.4, 0.5) is 4.39 Å². The molecule has 3 aromatic rings. The number of ether oxygens (including phenoxy) is 3. The number of phenolic OH excluding ortho intramolecular Hbond substituents is 1. The SMILES string of the molecule is Oc1ccc2c(c1)OCC1=C2C(c2ccc(OCCN3CCCCC3)cc2)Oc2cc(F)ccc21. The highest BCUT2D eigenvalue weighted by molar-refractivity contribution is 5.99. The molecule has 0 saturated carbocycles. The lowest BCUT2D eigenvalue weighted by atomic mass is 9.84. The molecule has 3 aliphatic heterocycles. The van der Waals surface area contributed by atoms with Gasteiger partial charge in [0, 0.05) is 41.0 Å². The molecule has 0 aliphatic carbocycles. The molecular weight excluding hydrogens is 445 g/mol. The van der Waals surface area contributed by atoms with Crippen molar-refractivity contribution < 1.29 is 23.7 Å². The van der Waals surface area contributed by atoms with Crippen LogP contribution in [-0.4, -0.2) is 42.9 Å². The van der Waals surface area contributed by atoms with Crippen LogP contribution in [0, 0.1) is 5.82 Å². The second kappa shape index (κ2) is 9.27. The number of aromatic hydroxyl groups is 1. The van der Waals surface area contributed by atoms with Gasteiger partial charge < -0.3 is 19.3 Å². The first kappa shape index (κ1) is 22.0. The van der Waals surface area contributed by atoms with Crippen LogP contribution in [0.5, 0.6) is 23.0 Å². The lowest BCUT2D eigenvalue weighted by molar-refractivity contribution is 0.183. The second-order valence-electron chi connectivity index (χ2n) is 9.32. The third kappa shape index (κ3) is 4.34. The van der Waals surface area contributed by atoms with Crippen LogP contribution in [0.1, 0.15) is 42.1 Å². The average Bonchev–Trinajstić information content (AvgIpc) is 2.88. The Morgan fingerprint density at radius 2 is 1.71 bits per heavy atom. The average molecular weight is 474 g/mol. The zero-order valence-corrected chi connectivity index (χ0v) is 19.5. The summed E-state index contributed by atoms with van der Waals surface area (Å²) in [6.45, 7) is 4.24. The largest absolute Gasteiger partial charge is 0.508 e. The number of likely N-dealkylation sites (tertiary alicyclic amines) is 1. The highest BCUT2D eigenvalue weighted by Crippen LogP contribution is 2.51. The second-order valence-corrected chi connectivity index (χ2v) is 9.32. The number of hydrogen-bond donors (Lipinski definition) is 1. The molecule has 1 N–H and O–H groups in total. The number of hydrogen-bond acceptors (Lipinski definition) is 5. The normalized spacial score (nSPS) is 19.2. The molecule has 6 heteroatoms. The fraction of sp³-hybridized carbons (Fsp3) is 0.310. The molecule has 3 heterocycles. The summed E-state index contributed by atoms with van der Waals surface area (Å²) in [6, 6.07) is 17.7. The van der Waals surface area contributed by atoms with Gasteiger partial charge in [-0.2, -0.15) is 0 Å². The molecule has 180 valence electrons. The smallest absolute Gasteiger partial charge is 0.150 e. The van der Waals surface area contributed by atoms with Gasteiger partial charge in [0.25, 0.3) is 0 Å². The first-order chi connectivity index (χ1) is 17.2. The van der Waals surface area contributed by atoms with Gasteiger partial charge in [0.1, 0.15) is 42.0 Å². The van der Waals surface area contributed by atoms with E-state index in [2.05, 4.69) is 4.90 Å². The summed E-state index contributed by atoms with van der Waals surface area (Å²) in [5, 5.41) is 9.95. The van der Waals surface area contributed by atoms with Crippen molar-refractivity contribution in [1.29, 1.82) is 0 Å². The van der Waals surface area contributed by atoms with E-state index in [9.17, 15) is 9.50 Å². The lowest BCUT2D eigenvalue weighted by Crippen LogP contribution is -2.33. The van der Waals surface area contributed by atoms with Crippen LogP contribution in [-0.2, 0) is 0 Å². The van der Waals surface area contributed by atoms with Crippen LogP contribution >= 0.6 is 0 Å². The van der Waals surface area contributed by atoms with E-state index >= 15 is 0 Å². The van der Waals surface area contributed by atoms with Crippen molar-refractivity contribution in [2.24, 2.45) is 0 Å². The Labute approximate surface area is 204 Å². The van der Waals surface area contributed by atoms with E-state index < -0.39 is 6.10 Å². The minimum absolute atomic E-state index is 0.148. The first-order valence-electron chi connectivity index (χ1n) is 12.3. The third-order valence-electron chi connectivity index (χ3n) is 7.04. The molecule has 0 bridgehead atoms. The number of benzene rings is 3.